The lowest BCUT2D eigenvalue weighted by Crippen LogP contribution is -2.35. The SMILES string of the molecule is CNC(=O)CNC(=O)c1cc(NC)ccc1[N+](=O)[O-]. The highest BCUT2D eigenvalue weighted by Crippen LogP contribution is 2.22. The molecule has 8 heteroatoms. The van der Waals surface area contributed by atoms with Crippen molar-refractivity contribution in [2.75, 3.05) is 26.0 Å². The second kappa shape index (κ2) is 6.34. The number of hydrogen-bond acceptors (Lipinski definition) is 5. The largest absolute Gasteiger partial charge is 0.388 e. The van der Waals surface area contributed by atoms with Crippen LogP contribution in [0.15, 0.2) is 18.2 Å². The van der Waals surface area contributed by atoms with E-state index in [4.69, 9.17) is 0 Å². The highest BCUT2D eigenvalue weighted by Gasteiger charge is 2.20. The Balaban J connectivity index is 2.99. The summed E-state index contributed by atoms with van der Waals surface area (Å²) in [7, 11) is 3.06. The summed E-state index contributed by atoms with van der Waals surface area (Å²) >= 11 is 0. The number of nitrogens with one attached hydrogen (secondary N) is 3. The molecule has 1 aromatic carbocycles. The minimum atomic E-state index is -0.674. The number of amides is 2. The standard InChI is InChI=1S/C11H14N4O4/c1-12-7-3-4-9(15(18)19)8(5-7)11(17)14-6-10(16)13-2/h3-5,12H,6H2,1-2H3,(H,13,16)(H,14,17). The molecule has 0 atom stereocenters. The topological polar surface area (TPSA) is 113 Å². The maximum atomic E-state index is 11.8. The van der Waals surface area contributed by atoms with Crippen LogP contribution in [0.2, 0.25) is 0 Å². The molecule has 8 nitrogen and oxygen atoms in total. The molecule has 0 aliphatic heterocycles. The number of carbonyl (C=O) groups is 2. The zero-order valence-electron chi connectivity index (χ0n) is 10.5. The van der Waals surface area contributed by atoms with Gasteiger partial charge in [0.05, 0.1) is 11.5 Å². The van der Waals surface area contributed by atoms with Crippen LogP contribution < -0.4 is 16.0 Å². The average molecular weight is 266 g/mol. The van der Waals surface area contributed by atoms with E-state index in [0.29, 0.717) is 5.69 Å². The van der Waals surface area contributed by atoms with Crippen LogP contribution in [-0.2, 0) is 4.79 Å². The molecule has 0 fully saturated rings. The van der Waals surface area contributed by atoms with Crippen molar-refractivity contribution >= 4 is 23.2 Å². The third-order valence-corrected chi connectivity index (χ3v) is 2.41. The van der Waals surface area contributed by atoms with Gasteiger partial charge in [-0.2, -0.15) is 0 Å². The molecule has 2 amide bonds. The number of rotatable bonds is 5. The Morgan fingerprint density at radius 3 is 2.53 bits per heavy atom. The normalized spacial score (nSPS) is 9.58. The second-order valence-corrected chi connectivity index (χ2v) is 3.59. The number of likely N-dealkylation sites (N-methyl/N-ethyl adjacent to an activating group) is 1. The van der Waals surface area contributed by atoms with Crippen LogP contribution in [0.1, 0.15) is 10.4 Å². The van der Waals surface area contributed by atoms with Crippen LogP contribution in [0, 0.1) is 10.1 Å². The molecule has 0 unspecified atom stereocenters. The molecule has 0 radical (unpaired) electrons. The summed E-state index contributed by atoms with van der Waals surface area (Å²) in [6, 6.07) is 4.09. The van der Waals surface area contributed by atoms with Gasteiger partial charge in [-0.15, -0.1) is 0 Å². The highest BCUT2D eigenvalue weighted by molar-refractivity contribution is 6.00. The average Bonchev–Trinajstić information content (AvgIpc) is 2.43. The first-order valence-corrected chi connectivity index (χ1v) is 5.44. The smallest absolute Gasteiger partial charge is 0.282 e. The van der Waals surface area contributed by atoms with Gasteiger partial charge in [-0.05, 0) is 12.1 Å². The van der Waals surface area contributed by atoms with Crippen LogP contribution in [0.25, 0.3) is 0 Å². The van der Waals surface area contributed by atoms with E-state index in [1.54, 1.807) is 7.05 Å². The number of carbonyl (C=O) groups excluding carboxylic acids is 2. The van der Waals surface area contributed by atoms with Gasteiger partial charge >= 0.3 is 0 Å². The number of hydrogen-bond donors (Lipinski definition) is 3. The van der Waals surface area contributed by atoms with Gasteiger partial charge < -0.3 is 16.0 Å². The molecule has 102 valence electrons. The van der Waals surface area contributed by atoms with E-state index in [1.165, 1.54) is 25.2 Å². The van der Waals surface area contributed by atoms with Crippen LogP contribution in [-0.4, -0.2) is 37.4 Å². The fourth-order valence-electron chi connectivity index (χ4n) is 1.38. The molecule has 0 spiro atoms. The fraction of sp³-hybridized carbons (Fsp3) is 0.273. The molecule has 0 saturated carbocycles. The molecule has 19 heavy (non-hydrogen) atoms. The second-order valence-electron chi connectivity index (χ2n) is 3.59. The van der Waals surface area contributed by atoms with E-state index in [-0.39, 0.29) is 23.7 Å². The Morgan fingerprint density at radius 1 is 1.32 bits per heavy atom. The lowest BCUT2D eigenvalue weighted by atomic mass is 10.1. The van der Waals surface area contributed by atoms with Gasteiger partial charge in [0.1, 0.15) is 5.56 Å². The Bertz CT molecular complexity index is 515. The number of nitro groups is 1. The van der Waals surface area contributed by atoms with Gasteiger partial charge in [-0.3, -0.25) is 19.7 Å². The third kappa shape index (κ3) is 3.66. The van der Waals surface area contributed by atoms with Crippen LogP contribution in [0.4, 0.5) is 11.4 Å². The number of benzene rings is 1. The lowest BCUT2D eigenvalue weighted by Gasteiger charge is -2.07. The summed E-state index contributed by atoms with van der Waals surface area (Å²) in [5.74, 6) is -1.06. The summed E-state index contributed by atoms with van der Waals surface area (Å²) < 4.78 is 0. The molecule has 3 N–H and O–H groups in total. The van der Waals surface area contributed by atoms with Gasteiger partial charge in [0.25, 0.3) is 11.6 Å². The molecule has 0 bridgehead atoms. The summed E-state index contributed by atoms with van der Waals surface area (Å²) in [5.41, 5.74) is 0.157. The maximum Gasteiger partial charge on any atom is 0.282 e. The first-order chi connectivity index (χ1) is 8.99. The predicted molar refractivity (Wildman–Crippen MR) is 69.0 cm³/mol. The van der Waals surface area contributed by atoms with Gasteiger partial charge in [0.2, 0.25) is 5.91 Å². The summed E-state index contributed by atoms with van der Waals surface area (Å²) in [4.78, 5) is 33.1. The van der Waals surface area contributed by atoms with Gasteiger partial charge in [-0.25, -0.2) is 0 Å². The Labute approximate surface area is 109 Å². The monoisotopic (exact) mass is 266 g/mol. The van der Waals surface area contributed by atoms with Crippen molar-refractivity contribution < 1.29 is 14.5 Å². The molecule has 0 saturated heterocycles. The van der Waals surface area contributed by atoms with E-state index in [9.17, 15) is 19.7 Å². The molecular formula is C11H14N4O4. The van der Waals surface area contributed by atoms with E-state index in [1.807, 2.05) is 0 Å². The zero-order chi connectivity index (χ0) is 14.4. The molecule has 1 rings (SSSR count). The Hall–Kier alpha value is -2.64. The van der Waals surface area contributed by atoms with E-state index in [0.717, 1.165) is 0 Å². The summed E-state index contributed by atoms with van der Waals surface area (Å²) in [5, 5.41) is 18.3. The van der Waals surface area contributed by atoms with E-state index >= 15 is 0 Å². The van der Waals surface area contributed by atoms with Crippen LogP contribution in [0.5, 0.6) is 0 Å². The quantitative estimate of drug-likeness (QED) is 0.517. The fourth-order valence-corrected chi connectivity index (χ4v) is 1.38. The molecular weight excluding hydrogens is 252 g/mol. The minimum Gasteiger partial charge on any atom is -0.388 e. The van der Waals surface area contributed by atoms with Crippen molar-refractivity contribution in [3.63, 3.8) is 0 Å². The molecule has 1 aromatic rings. The predicted octanol–water partition coefficient (Wildman–Crippen LogP) is 0.112. The van der Waals surface area contributed by atoms with Crippen molar-refractivity contribution in [2.24, 2.45) is 0 Å². The van der Waals surface area contributed by atoms with Gasteiger partial charge in [-0.1, -0.05) is 0 Å². The molecule has 0 aliphatic rings. The van der Waals surface area contributed by atoms with Crippen molar-refractivity contribution in [1.29, 1.82) is 0 Å². The molecule has 0 aromatic heterocycles. The van der Waals surface area contributed by atoms with Crippen LogP contribution in [0.3, 0.4) is 0 Å². The number of anilines is 1. The van der Waals surface area contributed by atoms with Crippen molar-refractivity contribution in [2.45, 2.75) is 0 Å². The number of nitrogens with zero attached hydrogens (tertiary/aromatic N) is 1. The van der Waals surface area contributed by atoms with Gasteiger partial charge in [0.15, 0.2) is 0 Å². The van der Waals surface area contributed by atoms with Crippen LogP contribution >= 0.6 is 0 Å². The Kier molecular flexibility index (Phi) is 4.81. The summed E-state index contributed by atoms with van der Waals surface area (Å²) in [6.07, 6.45) is 0. The van der Waals surface area contributed by atoms with E-state index < -0.39 is 10.8 Å². The minimum absolute atomic E-state index is 0.0965. The molecule has 0 heterocycles. The van der Waals surface area contributed by atoms with Crippen molar-refractivity contribution in [3.8, 4) is 0 Å². The lowest BCUT2D eigenvalue weighted by molar-refractivity contribution is -0.385. The van der Waals surface area contributed by atoms with E-state index in [2.05, 4.69) is 16.0 Å². The number of nitro benzene ring substituents is 1. The third-order valence-electron chi connectivity index (χ3n) is 2.41. The highest BCUT2D eigenvalue weighted by atomic mass is 16.6. The van der Waals surface area contributed by atoms with Crippen molar-refractivity contribution in [3.05, 3.63) is 33.9 Å². The first-order valence-electron chi connectivity index (χ1n) is 5.44. The first kappa shape index (κ1) is 14.4. The molecule has 0 aliphatic carbocycles. The van der Waals surface area contributed by atoms with Gasteiger partial charge in [0, 0.05) is 25.8 Å². The summed E-state index contributed by atoms with van der Waals surface area (Å²) in [6.45, 7) is -0.240. The zero-order valence-corrected chi connectivity index (χ0v) is 10.5. The van der Waals surface area contributed by atoms with Crippen molar-refractivity contribution in [1.82, 2.24) is 10.6 Å². The Morgan fingerprint density at radius 2 is 2.00 bits per heavy atom. The maximum absolute atomic E-state index is 11.8.